The van der Waals surface area contributed by atoms with Gasteiger partial charge < -0.3 is 4.74 Å². The highest BCUT2D eigenvalue weighted by molar-refractivity contribution is 4.31. The van der Waals surface area contributed by atoms with Crippen molar-refractivity contribution >= 4 is 0 Å². The van der Waals surface area contributed by atoms with E-state index in [1.807, 2.05) is 0 Å². The summed E-state index contributed by atoms with van der Waals surface area (Å²) >= 11 is 0. The van der Waals surface area contributed by atoms with Crippen LogP contribution in [0.5, 0.6) is 0 Å². The van der Waals surface area contributed by atoms with Crippen LogP contribution in [0.15, 0.2) is 0 Å². The fraction of sp³-hybridized carbons (Fsp3) is 1.00. The van der Waals surface area contributed by atoms with Gasteiger partial charge in [0, 0.05) is 13.2 Å². The van der Waals surface area contributed by atoms with Crippen LogP contribution in [0.3, 0.4) is 0 Å². The van der Waals surface area contributed by atoms with Gasteiger partial charge in [-0.3, -0.25) is 5.26 Å². The van der Waals surface area contributed by atoms with Gasteiger partial charge in [-0.2, -0.15) is 0 Å². The summed E-state index contributed by atoms with van der Waals surface area (Å²) in [6.07, 6.45) is 1.80. The molecule has 0 radical (unpaired) electrons. The molecule has 3 nitrogen and oxygen atoms in total. The Bertz CT molecular complexity index is 41.6. The van der Waals surface area contributed by atoms with Crippen molar-refractivity contribution in [1.29, 1.82) is 0 Å². The predicted molar refractivity (Wildman–Crippen MR) is 34.3 cm³/mol. The summed E-state index contributed by atoms with van der Waals surface area (Å²) in [6.45, 7) is 3.89. The quantitative estimate of drug-likeness (QED) is 0.338. The zero-order valence-electron chi connectivity index (χ0n) is 5.80. The largest absolute Gasteiger partial charge is 0.381 e. The van der Waals surface area contributed by atoms with Crippen LogP contribution in [0.1, 0.15) is 19.8 Å². The maximum Gasteiger partial charge on any atom is 0.0841 e. The lowest BCUT2D eigenvalue weighted by Gasteiger charge is -1.98. The smallest absolute Gasteiger partial charge is 0.0841 e. The lowest BCUT2D eigenvalue weighted by atomic mass is 10.5. The van der Waals surface area contributed by atoms with Crippen LogP contribution in [-0.2, 0) is 9.62 Å². The molecule has 56 valence electrons. The summed E-state index contributed by atoms with van der Waals surface area (Å²) in [6, 6.07) is 0. The molecule has 0 aromatic carbocycles. The van der Waals surface area contributed by atoms with Gasteiger partial charge in [0.2, 0.25) is 0 Å². The molecule has 0 rings (SSSR count). The van der Waals surface area contributed by atoms with Crippen molar-refractivity contribution in [3.8, 4) is 0 Å². The maximum atomic E-state index is 7.87. The van der Waals surface area contributed by atoms with Crippen molar-refractivity contribution in [3.05, 3.63) is 0 Å². The monoisotopic (exact) mass is 134 g/mol. The van der Waals surface area contributed by atoms with Crippen LogP contribution < -0.4 is 0 Å². The van der Waals surface area contributed by atoms with Crippen molar-refractivity contribution < 1.29 is 14.9 Å². The molecule has 0 saturated heterocycles. The lowest BCUT2D eigenvalue weighted by Crippen LogP contribution is -1.99. The number of rotatable bonds is 6. The van der Waals surface area contributed by atoms with Gasteiger partial charge in [-0.1, -0.05) is 6.92 Å². The van der Waals surface area contributed by atoms with Crippen molar-refractivity contribution in [2.24, 2.45) is 0 Å². The molecule has 0 bridgehead atoms. The summed E-state index contributed by atoms with van der Waals surface area (Å²) in [5.41, 5.74) is 0. The minimum absolute atomic E-state index is 0.365. The highest BCUT2D eigenvalue weighted by Crippen LogP contribution is 1.84. The molecule has 0 saturated carbocycles. The fourth-order valence-corrected chi connectivity index (χ4v) is 0.472. The normalized spacial score (nSPS) is 10.0. The van der Waals surface area contributed by atoms with Gasteiger partial charge >= 0.3 is 0 Å². The zero-order chi connectivity index (χ0) is 6.95. The Labute approximate surface area is 55.5 Å². The average Bonchev–Trinajstić information content (AvgIpc) is 1.89. The molecule has 0 aliphatic carbocycles. The van der Waals surface area contributed by atoms with E-state index in [-0.39, 0.29) is 0 Å². The molecule has 0 amide bonds. The second kappa shape index (κ2) is 7.88. The number of hydrogen-bond donors (Lipinski definition) is 1. The first-order valence-electron chi connectivity index (χ1n) is 3.26. The van der Waals surface area contributed by atoms with E-state index in [2.05, 4.69) is 11.8 Å². The van der Waals surface area contributed by atoms with Crippen molar-refractivity contribution in [2.45, 2.75) is 19.8 Å². The predicted octanol–water partition coefficient (Wildman–Crippen LogP) is 1.29. The molecule has 3 heteroatoms. The van der Waals surface area contributed by atoms with Gasteiger partial charge in [0.1, 0.15) is 0 Å². The molecule has 9 heavy (non-hydrogen) atoms. The van der Waals surface area contributed by atoms with Crippen LogP contribution in [0.2, 0.25) is 0 Å². The Kier molecular flexibility index (Phi) is 7.77. The second-order valence-corrected chi connectivity index (χ2v) is 1.80. The molecular weight excluding hydrogens is 120 g/mol. The van der Waals surface area contributed by atoms with E-state index < -0.39 is 0 Å². The molecule has 0 spiro atoms. The topological polar surface area (TPSA) is 38.7 Å². The van der Waals surface area contributed by atoms with E-state index in [1.165, 1.54) is 0 Å². The highest BCUT2D eigenvalue weighted by Gasteiger charge is 1.85. The standard InChI is InChI=1S/C6H14O3/c1-2-4-8-5-3-6-9-7/h7H,2-6H2,1H3. The van der Waals surface area contributed by atoms with Crippen molar-refractivity contribution in [2.75, 3.05) is 19.8 Å². The molecule has 0 aliphatic rings. The first-order chi connectivity index (χ1) is 4.41. The van der Waals surface area contributed by atoms with Crippen molar-refractivity contribution in [1.82, 2.24) is 0 Å². The molecule has 0 atom stereocenters. The Morgan fingerprint density at radius 1 is 1.22 bits per heavy atom. The molecule has 0 fully saturated rings. The van der Waals surface area contributed by atoms with Gasteiger partial charge in [0.15, 0.2) is 0 Å². The van der Waals surface area contributed by atoms with E-state index in [4.69, 9.17) is 9.99 Å². The van der Waals surface area contributed by atoms with Gasteiger partial charge in [-0.15, -0.1) is 0 Å². The molecule has 0 aromatic heterocycles. The fourth-order valence-electron chi connectivity index (χ4n) is 0.472. The summed E-state index contributed by atoms with van der Waals surface area (Å²) in [5, 5.41) is 7.87. The van der Waals surface area contributed by atoms with Gasteiger partial charge in [0.25, 0.3) is 0 Å². The molecular formula is C6H14O3. The van der Waals surface area contributed by atoms with Crippen LogP contribution in [0, 0.1) is 0 Å². The Balaban J connectivity index is 2.60. The zero-order valence-corrected chi connectivity index (χ0v) is 5.80. The van der Waals surface area contributed by atoms with Crippen LogP contribution in [0.4, 0.5) is 0 Å². The van der Waals surface area contributed by atoms with E-state index in [0.29, 0.717) is 13.2 Å². The molecule has 0 heterocycles. The van der Waals surface area contributed by atoms with Crippen LogP contribution in [-0.4, -0.2) is 25.1 Å². The Hall–Kier alpha value is -0.120. The lowest BCUT2D eigenvalue weighted by molar-refractivity contribution is -0.244. The first-order valence-corrected chi connectivity index (χ1v) is 3.26. The van der Waals surface area contributed by atoms with Gasteiger partial charge in [-0.05, 0) is 12.8 Å². The Morgan fingerprint density at radius 2 is 2.00 bits per heavy atom. The third-order valence-corrected chi connectivity index (χ3v) is 0.873. The Morgan fingerprint density at radius 3 is 2.56 bits per heavy atom. The second-order valence-electron chi connectivity index (χ2n) is 1.80. The summed E-state index contributed by atoms with van der Waals surface area (Å²) in [4.78, 5) is 3.84. The maximum absolute atomic E-state index is 7.87. The third kappa shape index (κ3) is 7.88. The first kappa shape index (κ1) is 8.88. The minimum Gasteiger partial charge on any atom is -0.381 e. The number of ether oxygens (including phenoxy) is 1. The SMILES string of the molecule is CCCOCCCOO. The third-order valence-electron chi connectivity index (χ3n) is 0.873. The summed E-state index contributed by atoms with van der Waals surface area (Å²) < 4.78 is 5.09. The van der Waals surface area contributed by atoms with E-state index in [9.17, 15) is 0 Å². The minimum atomic E-state index is 0.365. The van der Waals surface area contributed by atoms with Crippen LogP contribution in [0.25, 0.3) is 0 Å². The van der Waals surface area contributed by atoms with E-state index in [0.717, 1.165) is 19.4 Å². The highest BCUT2D eigenvalue weighted by atomic mass is 17.1. The van der Waals surface area contributed by atoms with E-state index in [1.54, 1.807) is 0 Å². The van der Waals surface area contributed by atoms with Gasteiger partial charge in [0.05, 0.1) is 6.61 Å². The van der Waals surface area contributed by atoms with Gasteiger partial charge in [-0.25, -0.2) is 4.89 Å². The van der Waals surface area contributed by atoms with Crippen LogP contribution >= 0.6 is 0 Å². The average molecular weight is 134 g/mol. The van der Waals surface area contributed by atoms with E-state index >= 15 is 0 Å². The summed E-state index contributed by atoms with van der Waals surface area (Å²) in [5.74, 6) is 0. The summed E-state index contributed by atoms with van der Waals surface area (Å²) in [7, 11) is 0. The molecule has 0 unspecified atom stereocenters. The molecule has 0 aliphatic heterocycles. The van der Waals surface area contributed by atoms with Crippen molar-refractivity contribution in [3.63, 3.8) is 0 Å². The molecule has 1 N–H and O–H groups in total. The number of hydrogen-bond acceptors (Lipinski definition) is 3. The molecule has 0 aromatic rings.